The van der Waals surface area contributed by atoms with Gasteiger partial charge in [0.15, 0.2) is 0 Å². The van der Waals surface area contributed by atoms with Crippen molar-refractivity contribution in [2.75, 3.05) is 4.72 Å². The van der Waals surface area contributed by atoms with Crippen LogP contribution in [0.25, 0.3) is 0 Å². The highest BCUT2D eigenvalue weighted by Crippen LogP contribution is 2.26. The minimum Gasteiger partial charge on any atom is -0.349 e. The average molecular weight is 409 g/mol. The first kappa shape index (κ1) is 21.3. The smallest absolute Gasteiger partial charge is 0.263 e. The second-order valence-electron chi connectivity index (χ2n) is 7.08. The number of hydrogen-bond donors (Lipinski definition) is 2. The molecular formula is C20H25ClN2O3S. The normalized spacial score (nSPS) is 12.7. The van der Waals surface area contributed by atoms with Crippen LogP contribution < -0.4 is 10.0 Å². The quantitative estimate of drug-likeness (QED) is 0.737. The van der Waals surface area contributed by atoms with Gasteiger partial charge in [0.1, 0.15) is 4.90 Å². The van der Waals surface area contributed by atoms with E-state index in [-0.39, 0.29) is 33.3 Å². The number of aryl methyl sites for hydroxylation is 2. The summed E-state index contributed by atoms with van der Waals surface area (Å²) in [5, 5.41) is 2.92. The van der Waals surface area contributed by atoms with E-state index < -0.39 is 10.0 Å². The van der Waals surface area contributed by atoms with Gasteiger partial charge in [-0.2, -0.15) is 0 Å². The topological polar surface area (TPSA) is 75.3 Å². The Balaban J connectivity index is 2.35. The van der Waals surface area contributed by atoms with Gasteiger partial charge >= 0.3 is 0 Å². The summed E-state index contributed by atoms with van der Waals surface area (Å²) < 4.78 is 28.2. The lowest BCUT2D eigenvalue weighted by Crippen LogP contribution is -2.36. The molecule has 5 nitrogen and oxygen atoms in total. The van der Waals surface area contributed by atoms with Crippen LogP contribution in [0.2, 0.25) is 5.02 Å². The zero-order valence-electron chi connectivity index (χ0n) is 16.1. The molecule has 1 unspecified atom stereocenters. The second kappa shape index (κ2) is 8.31. The van der Waals surface area contributed by atoms with Gasteiger partial charge in [-0.1, -0.05) is 43.1 Å². The number of benzene rings is 2. The molecule has 0 spiro atoms. The molecule has 7 heteroatoms. The summed E-state index contributed by atoms with van der Waals surface area (Å²) >= 11 is 6.12. The van der Waals surface area contributed by atoms with Crippen LogP contribution in [0.4, 0.5) is 5.69 Å². The monoisotopic (exact) mass is 408 g/mol. The van der Waals surface area contributed by atoms with Crippen molar-refractivity contribution < 1.29 is 13.2 Å². The predicted octanol–water partition coefficient (Wildman–Crippen LogP) is 4.53. The molecule has 1 atom stereocenters. The zero-order chi connectivity index (χ0) is 20.4. The minimum absolute atomic E-state index is 0.0402. The van der Waals surface area contributed by atoms with Crippen molar-refractivity contribution in [3.8, 4) is 0 Å². The summed E-state index contributed by atoms with van der Waals surface area (Å²) in [6.07, 6.45) is 0. The number of hydrogen-bond acceptors (Lipinski definition) is 3. The number of rotatable bonds is 6. The summed E-state index contributed by atoms with van der Waals surface area (Å²) in [6.45, 7) is 9.65. The fraction of sp³-hybridized carbons (Fsp3) is 0.350. The van der Waals surface area contributed by atoms with E-state index in [1.165, 1.54) is 18.2 Å². The van der Waals surface area contributed by atoms with Crippen LogP contribution in [-0.4, -0.2) is 20.4 Å². The lowest BCUT2D eigenvalue weighted by Gasteiger charge is -2.18. The van der Waals surface area contributed by atoms with Gasteiger partial charge in [-0.15, -0.1) is 0 Å². The fourth-order valence-corrected chi connectivity index (χ4v) is 4.09. The van der Waals surface area contributed by atoms with Crippen molar-refractivity contribution >= 4 is 33.2 Å². The number of carbonyl (C=O) groups is 1. The molecule has 146 valence electrons. The Labute approximate surface area is 166 Å². The van der Waals surface area contributed by atoms with E-state index in [4.69, 9.17) is 11.6 Å². The summed E-state index contributed by atoms with van der Waals surface area (Å²) in [4.78, 5) is 12.3. The molecule has 0 heterocycles. The van der Waals surface area contributed by atoms with Gasteiger partial charge in [0.05, 0.1) is 10.7 Å². The average Bonchev–Trinajstić information content (AvgIpc) is 2.57. The lowest BCUT2D eigenvalue weighted by atomic mass is 10.1. The number of amides is 1. The maximum absolute atomic E-state index is 12.8. The Morgan fingerprint density at radius 2 is 1.70 bits per heavy atom. The van der Waals surface area contributed by atoms with E-state index in [1.54, 1.807) is 6.07 Å². The Bertz CT molecular complexity index is 956. The molecule has 2 rings (SSSR count). The molecule has 2 N–H and O–H groups in total. The van der Waals surface area contributed by atoms with E-state index >= 15 is 0 Å². The molecule has 1 amide bonds. The van der Waals surface area contributed by atoms with Crippen LogP contribution in [0, 0.1) is 19.8 Å². The first-order chi connectivity index (χ1) is 12.5. The summed E-state index contributed by atoms with van der Waals surface area (Å²) in [5.41, 5.74) is 2.55. The highest BCUT2D eigenvalue weighted by atomic mass is 35.5. The first-order valence-corrected chi connectivity index (χ1v) is 10.6. The standard InChI is InChI=1S/C20H25ClN2O3S/c1-12(2)15(5)22-20(24)16-7-8-17(21)19(11-16)27(25,26)23-18-9-6-13(3)10-14(18)4/h6-12,15,23H,1-5H3,(H,22,24). The van der Waals surface area contributed by atoms with Crippen molar-refractivity contribution in [2.45, 2.75) is 45.6 Å². The highest BCUT2D eigenvalue weighted by Gasteiger charge is 2.22. The molecule has 2 aromatic rings. The molecular weight excluding hydrogens is 384 g/mol. The zero-order valence-corrected chi connectivity index (χ0v) is 17.7. The van der Waals surface area contributed by atoms with E-state index in [1.807, 2.05) is 46.8 Å². The third kappa shape index (κ3) is 5.23. The molecule has 0 aliphatic heterocycles. The Kier molecular flexibility index (Phi) is 6.54. The third-order valence-electron chi connectivity index (χ3n) is 4.47. The number of carbonyl (C=O) groups excluding carboxylic acids is 1. The highest BCUT2D eigenvalue weighted by molar-refractivity contribution is 7.92. The van der Waals surface area contributed by atoms with Gasteiger partial charge in [0.25, 0.3) is 15.9 Å². The SMILES string of the molecule is Cc1ccc(NS(=O)(=O)c2cc(C(=O)NC(C)C(C)C)ccc2Cl)c(C)c1. The third-order valence-corrected chi connectivity index (χ3v) is 6.31. The van der Waals surface area contributed by atoms with Gasteiger partial charge in [-0.3, -0.25) is 9.52 Å². The second-order valence-corrected chi connectivity index (χ2v) is 9.13. The summed E-state index contributed by atoms with van der Waals surface area (Å²) in [6, 6.07) is 9.61. The summed E-state index contributed by atoms with van der Waals surface area (Å²) in [5.74, 6) is -0.0773. The van der Waals surface area contributed by atoms with Gasteiger partial charge in [-0.25, -0.2) is 8.42 Å². The van der Waals surface area contributed by atoms with Gasteiger partial charge in [0.2, 0.25) is 0 Å². The van der Waals surface area contributed by atoms with Crippen molar-refractivity contribution in [3.63, 3.8) is 0 Å². The number of sulfonamides is 1. The molecule has 0 radical (unpaired) electrons. The largest absolute Gasteiger partial charge is 0.349 e. The lowest BCUT2D eigenvalue weighted by molar-refractivity contribution is 0.0930. The molecule has 0 saturated carbocycles. The Morgan fingerprint density at radius 3 is 2.30 bits per heavy atom. The van der Waals surface area contributed by atoms with E-state index in [9.17, 15) is 13.2 Å². The van der Waals surface area contributed by atoms with Crippen molar-refractivity contribution in [1.82, 2.24) is 5.32 Å². The molecule has 0 fully saturated rings. The fourth-order valence-electron chi connectivity index (χ4n) is 2.44. The molecule has 0 bridgehead atoms. The maximum atomic E-state index is 12.8. The van der Waals surface area contributed by atoms with Crippen LogP contribution in [0.5, 0.6) is 0 Å². The summed E-state index contributed by atoms with van der Waals surface area (Å²) in [7, 11) is -3.94. The van der Waals surface area contributed by atoms with Gasteiger partial charge in [0, 0.05) is 11.6 Å². The van der Waals surface area contributed by atoms with Crippen LogP contribution in [0.1, 0.15) is 42.3 Å². The molecule has 0 aliphatic rings. The molecule has 0 aromatic heterocycles. The van der Waals surface area contributed by atoms with Crippen LogP contribution >= 0.6 is 11.6 Å². The van der Waals surface area contributed by atoms with Crippen LogP contribution in [0.15, 0.2) is 41.3 Å². The van der Waals surface area contributed by atoms with Crippen molar-refractivity contribution in [2.24, 2.45) is 5.92 Å². The van der Waals surface area contributed by atoms with Gasteiger partial charge in [-0.05, 0) is 56.5 Å². The van der Waals surface area contributed by atoms with E-state index in [0.717, 1.165) is 11.1 Å². The predicted molar refractivity (Wildman–Crippen MR) is 110 cm³/mol. The number of nitrogens with one attached hydrogen (secondary N) is 2. The number of halogens is 1. The van der Waals surface area contributed by atoms with E-state index in [0.29, 0.717) is 5.69 Å². The van der Waals surface area contributed by atoms with Gasteiger partial charge < -0.3 is 5.32 Å². The number of anilines is 1. The molecule has 0 aliphatic carbocycles. The first-order valence-electron chi connectivity index (χ1n) is 8.71. The molecule has 2 aromatic carbocycles. The van der Waals surface area contributed by atoms with Crippen LogP contribution in [-0.2, 0) is 10.0 Å². The Hall–Kier alpha value is -2.05. The molecule has 27 heavy (non-hydrogen) atoms. The molecule has 0 saturated heterocycles. The van der Waals surface area contributed by atoms with Crippen LogP contribution in [0.3, 0.4) is 0 Å². The van der Waals surface area contributed by atoms with Crippen molar-refractivity contribution in [1.29, 1.82) is 0 Å². The minimum atomic E-state index is -3.94. The Morgan fingerprint density at radius 1 is 1.04 bits per heavy atom. The van der Waals surface area contributed by atoms with E-state index in [2.05, 4.69) is 10.0 Å². The van der Waals surface area contributed by atoms with Crippen molar-refractivity contribution in [3.05, 3.63) is 58.1 Å². The maximum Gasteiger partial charge on any atom is 0.263 e.